The molecule has 9 rings (SSSR count). The smallest absolute Gasteiger partial charge is 0.263 e. The highest BCUT2D eigenvalue weighted by atomic mass is 16.1. The van der Waals surface area contributed by atoms with E-state index in [1.807, 2.05) is 41.0 Å². The third kappa shape index (κ3) is 2.79. The fraction of sp³-hybridized carbons (Fsp3) is 0.0811. The normalized spacial score (nSPS) is 13.9. The van der Waals surface area contributed by atoms with Crippen LogP contribution < -0.4 is 5.56 Å². The molecule has 41 heavy (non-hydrogen) atoms. The van der Waals surface area contributed by atoms with Crippen molar-refractivity contribution in [3.63, 3.8) is 0 Å². The molecule has 0 radical (unpaired) electrons. The molecule has 0 bridgehead atoms. The molecule has 0 saturated heterocycles. The van der Waals surface area contributed by atoms with Gasteiger partial charge < -0.3 is 0 Å². The molecule has 3 aromatic heterocycles. The Labute approximate surface area is 235 Å². The van der Waals surface area contributed by atoms with Crippen LogP contribution in [0.15, 0.2) is 120 Å². The molecule has 0 N–H and O–H groups in total. The minimum atomic E-state index is -0.173. The fourth-order valence-electron chi connectivity index (χ4n) is 7.20. The summed E-state index contributed by atoms with van der Waals surface area (Å²) in [5, 5.41) is 3.65. The monoisotopic (exact) mass is 527 g/mol. The predicted octanol–water partition coefficient (Wildman–Crippen LogP) is 8.40. The predicted molar refractivity (Wildman–Crippen MR) is 168 cm³/mol. The number of benzene rings is 5. The largest absolute Gasteiger partial charge is 0.290 e. The number of fused-ring (bicyclic) bond motifs is 13. The molecule has 0 unspecified atom stereocenters. The Kier molecular flexibility index (Phi) is 4.24. The van der Waals surface area contributed by atoms with Gasteiger partial charge in [0.15, 0.2) is 0 Å². The van der Waals surface area contributed by atoms with E-state index in [-0.39, 0.29) is 11.0 Å². The highest BCUT2D eigenvalue weighted by Crippen LogP contribution is 2.49. The highest BCUT2D eigenvalue weighted by molar-refractivity contribution is 6.19. The molecule has 1 aliphatic rings. The lowest BCUT2D eigenvalue weighted by atomic mass is 9.82. The number of aromatic nitrogens is 3. The van der Waals surface area contributed by atoms with E-state index < -0.39 is 0 Å². The summed E-state index contributed by atoms with van der Waals surface area (Å²) in [6.45, 7) is 4.55. The van der Waals surface area contributed by atoms with Gasteiger partial charge in [-0.15, -0.1) is 0 Å². The lowest BCUT2D eigenvalue weighted by molar-refractivity contribution is 0.659. The summed E-state index contributed by atoms with van der Waals surface area (Å²) in [4.78, 5) is 19.6. The summed E-state index contributed by atoms with van der Waals surface area (Å²) in [6.07, 6.45) is 0. The van der Waals surface area contributed by atoms with E-state index in [4.69, 9.17) is 4.98 Å². The molecule has 3 heterocycles. The molecule has 0 saturated carbocycles. The van der Waals surface area contributed by atoms with Crippen LogP contribution in [0.1, 0.15) is 25.0 Å². The lowest BCUT2D eigenvalue weighted by Crippen LogP contribution is -2.21. The molecule has 194 valence electrons. The first-order chi connectivity index (χ1) is 20.0. The molecule has 5 aromatic carbocycles. The quantitative estimate of drug-likeness (QED) is 0.201. The van der Waals surface area contributed by atoms with Gasteiger partial charge in [0, 0.05) is 32.6 Å². The lowest BCUT2D eigenvalue weighted by Gasteiger charge is -2.23. The van der Waals surface area contributed by atoms with Gasteiger partial charge in [0.05, 0.1) is 22.1 Å². The van der Waals surface area contributed by atoms with Gasteiger partial charge in [-0.25, -0.2) is 4.98 Å². The zero-order valence-electron chi connectivity index (χ0n) is 22.7. The summed E-state index contributed by atoms with van der Waals surface area (Å²) >= 11 is 0. The van der Waals surface area contributed by atoms with Crippen molar-refractivity contribution < 1.29 is 0 Å². The van der Waals surface area contributed by atoms with Gasteiger partial charge in [0.2, 0.25) is 0 Å². The van der Waals surface area contributed by atoms with Crippen molar-refractivity contribution in [2.24, 2.45) is 0 Å². The molecule has 0 amide bonds. The molecule has 0 atom stereocenters. The third-order valence-corrected chi connectivity index (χ3v) is 9.10. The number of rotatable bonds is 1. The molecule has 0 aliphatic heterocycles. The zero-order chi connectivity index (χ0) is 27.5. The van der Waals surface area contributed by atoms with E-state index in [2.05, 4.69) is 97.1 Å². The van der Waals surface area contributed by atoms with Gasteiger partial charge in [-0.2, -0.15) is 0 Å². The Morgan fingerprint density at radius 3 is 2.07 bits per heavy atom. The number of imidazole rings is 1. The number of para-hydroxylation sites is 2. The van der Waals surface area contributed by atoms with Crippen molar-refractivity contribution >= 4 is 49.3 Å². The van der Waals surface area contributed by atoms with Crippen LogP contribution in [0, 0.1) is 0 Å². The van der Waals surface area contributed by atoms with Crippen LogP contribution in [0.25, 0.3) is 66.1 Å². The van der Waals surface area contributed by atoms with E-state index in [9.17, 15) is 4.79 Å². The maximum absolute atomic E-state index is 14.5. The minimum absolute atomic E-state index is 0.0182. The molecule has 4 nitrogen and oxygen atoms in total. The molecule has 1 aliphatic carbocycles. The van der Waals surface area contributed by atoms with Crippen LogP contribution in [-0.2, 0) is 5.41 Å². The van der Waals surface area contributed by atoms with Crippen molar-refractivity contribution in [3.8, 4) is 16.8 Å². The third-order valence-electron chi connectivity index (χ3n) is 9.10. The van der Waals surface area contributed by atoms with Crippen molar-refractivity contribution in [1.29, 1.82) is 0 Å². The Morgan fingerprint density at radius 1 is 0.610 bits per heavy atom. The van der Waals surface area contributed by atoms with Crippen LogP contribution in [0.4, 0.5) is 0 Å². The summed E-state index contributed by atoms with van der Waals surface area (Å²) in [6, 6.07) is 39.7. The molecule has 8 aromatic rings. The van der Waals surface area contributed by atoms with E-state index >= 15 is 0 Å². The standard InChI is InChI=1S/C37H25N3O/c1-37(2)29-16-8-7-11-23(29)24-20-19-22(21-30(24)37)39-33-25-12-3-5-14-27(25)35-38-31-17-9-10-18-32(31)40(35)34(33)26-13-4-6-15-28(26)36(39)41/h3-21H,1-2H3. The van der Waals surface area contributed by atoms with E-state index in [1.165, 1.54) is 22.3 Å². The fourth-order valence-corrected chi connectivity index (χ4v) is 7.20. The van der Waals surface area contributed by atoms with E-state index in [0.29, 0.717) is 5.39 Å². The van der Waals surface area contributed by atoms with Gasteiger partial charge in [-0.1, -0.05) is 98.8 Å². The maximum Gasteiger partial charge on any atom is 0.263 e. The molecule has 4 heteroatoms. The second-order valence-electron chi connectivity index (χ2n) is 11.6. The van der Waals surface area contributed by atoms with E-state index in [0.717, 1.165) is 49.6 Å². The van der Waals surface area contributed by atoms with Crippen molar-refractivity contribution in [1.82, 2.24) is 14.0 Å². The Bertz CT molecular complexity index is 2480. The summed E-state index contributed by atoms with van der Waals surface area (Å²) in [5.41, 5.74) is 10.5. The van der Waals surface area contributed by atoms with Crippen molar-refractivity contribution in [2.75, 3.05) is 0 Å². The second-order valence-corrected chi connectivity index (χ2v) is 11.6. The first kappa shape index (κ1) is 22.6. The first-order valence-corrected chi connectivity index (χ1v) is 14.0. The van der Waals surface area contributed by atoms with E-state index in [1.54, 1.807) is 0 Å². The summed E-state index contributed by atoms with van der Waals surface area (Å²) < 4.78 is 4.19. The van der Waals surface area contributed by atoms with Crippen LogP contribution >= 0.6 is 0 Å². The van der Waals surface area contributed by atoms with Crippen LogP contribution in [0.2, 0.25) is 0 Å². The Morgan fingerprint density at radius 2 is 1.24 bits per heavy atom. The zero-order valence-corrected chi connectivity index (χ0v) is 22.7. The maximum atomic E-state index is 14.5. The van der Waals surface area contributed by atoms with Crippen molar-refractivity contribution in [2.45, 2.75) is 19.3 Å². The summed E-state index contributed by atoms with van der Waals surface area (Å²) in [5.74, 6) is 0. The molecule has 0 fully saturated rings. The van der Waals surface area contributed by atoms with Crippen LogP contribution in [0.5, 0.6) is 0 Å². The number of hydrogen-bond acceptors (Lipinski definition) is 2. The highest BCUT2D eigenvalue weighted by Gasteiger charge is 2.35. The van der Waals surface area contributed by atoms with Crippen LogP contribution in [0.3, 0.4) is 0 Å². The molecular weight excluding hydrogens is 502 g/mol. The van der Waals surface area contributed by atoms with Gasteiger partial charge in [-0.05, 0) is 52.6 Å². The topological polar surface area (TPSA) is 39.3 Å². The van der Waals surface area contributed by atoms with Gasteiger partial charge in [0.25, 0.3) is 5.56 Å². The Balaban J connectivity index is 1.52. The average molecular weight is 528 g/mol. The Hall–Kier alpha value is -5.22. The number of nitrogens with zero attached hydrogens (tertiary/aromatic N) is 3. The average Bonchev–Trinajstić information content (AvgIpc) is 3.51. The molecular formula is C37H25N3O. The van der Waals surface area contributed by atoms with Gasteiger partial charge in [0.1, 0.15) is 5.65 Å². The van der Waals surface area contributed by atoms with Gasteiger partial charge in [-0.3, -0.25) is 13.8 Å². The van der Waals surface area contributed by atoms with Crippen molar-refractivity contribution in [3.05, 3.63) is 137 Å². The number of pyridine rings is 2. The SMILES string of the molecule is CC1(C)c2ccccc2-c2ccc(-n3c(=O)c4ccccc4c4c3c3ccccc3c3nc5ccccc5n34)cc21. The minimum Gasteiger partial charge on any atom is -0.290 e. The number of hydrogen-bond donors (Lipinski definition) is 0. The first-order valence-electron chi connectivity index (χ1n) is 14.0. The van der Waals surface area contributed by atoms with Crippen LogP contribution in [-0.4, -0.2) is 14.0 Å². The van der Waals surface area contributed by atoms with Gasteiger partial charge >= 0.3 is 0 Å². The summed E-state index contributed by atoms with van der Waals surface area (Å²) in [7, 11) is 0. The second kappa shape index (κ2) is 7.70. The molecule has 0 spiro atoms.